The summed E-state index contributed by atoms with van der Waals surface area (Å²) in [4.78, 5) is 27.2. The number of amides is 2. The zero-order chi connectivity index (χ0) is 26.9. The van der Waals surface area contributed by atoms with Gasteiger partial charge in [0.1, 0.15) is 12.2 Å². The van der Waals surface area contributed by atoms with E-state index in [9.17, 15) is 9.59 Å². The lowest BCUT2D eigenvalue weighted by Crippen LogP contribution is -2.54. The van der Waals surface area contributed by atoms with Crippen LogP contribution < -0.4 is 19.7 Å². The molecule has 0 saturated carbocycles. The van der Waals surface area contributed by atoms with Crippen LogP contribution in [-0.2, 0) is 16.2 Å². The van der Waals surface area contributed by atoms with Crippen molar-refractivity contribution in [2.75, 3.05) is 12.0 Å². The fraction of sp³-hybridized carbons (Fsp3) is 0.0800. The van der Waals surface area contributed by atoms with Gasteiger partial charge in [0, 0.05) is 4.47 Å². The molecule has 1 fully saturated rings. The Morgan fingerprint density at radius 2 is 1.76 bits per heavy atom. The highest BCUT2D eigenvalue weighted by Gasteiger charge is 2.36. The summed E-state index contributed by atoms with van der Waals surface area (Å²) in [5.41, 5.74) is 1.37. The van der Waals surface area contributed by atoms with Crippen molar-refractivity contribution in [1.29, 1.82) is 0 Å². The molecule has 0 unspecified atom stereocenters. The predicted molar refractivity (Wildman–Crippen MR) is 154 cm³/mol. The minimum atomic E-state index is -0.663. The lowest BCUT2D eigenvalue weighted by atomic mass is 10.1. The van der Waals surface area contributed by atoms with Crippen molar-refractivity contribution in [3.8, 4) is 11.5 Å². The smallest absolute Gasteiger partial charge is 0.270 e. The number of anilines is 1. The van der Waals surface area contributed by atoms with Crippen molar-refractivity contribution in [3.63, 3.8) is 0 Å². The van der Waals surface area contributed by atoms with Crippen LogP contribution in [0.15, 0.2) is 58.6 Å². The molecule has 0 bridgehead atoms. The summed E-state index contributed by atoms with van der Waals surface area (Å²) in [5.74, 6) is -0.515. The van der Waals surface area contributed by atoms with Gasteiger partial charge >= 0.3 is 0 Å². The average molecular weight is 661 g/mol. The minimum Gasteiger partial charge on any atom is -0.493 e. The van der Waals surface area contributed by atoms with Crippen LogP contribution in [0.3, 0.4) is 0 Å². The van der Waals surface area contributed by atoms with Crippen molar-refractivity contribution >= 4 is 103 Å². The Kier molecular flexibility index (Phi) is 8.68. The van der Waals surface area contributed by atoms with Crippen molar-refractivity contribution in [1.82, 2.24) is 5.32 Å². The number of rotatable bonds is 6. The van der Waals surface area contributed by atoms with Crippen molar-refractivity contribution in [2.24, 2.45) is 0 Å². The highest BCUT2D eigenvalue weighted by Crippen LogP contribution is 2.37. The van der Waals surface area contributed by atoms with Crippen LogP contribution in [0, 0.1) is 0 Å². The van der Waals surface area contributed by atoms with Gasteiger partial charge in [-0.25, -0.2) is 0 Å². The Morgan fingerprint density at radius 3 is 2.46 bits per heavy atom. The van der Waals surface area contributed by atoms with E-state index in [4.69, 9.17) is 68.1 Å². The maximum Gasteiger partial charge on any atom is 0.270 e. The summed E-state index contributed by atoms with van der Waals surface area (Å²) >= 11 is 33.2. The molecule has 2 amide bonds. The van der Waals surface area contributed by atoms with Gasteiger partial charge in [-0.3, -0.25) is 19.8 Å². The lowest BCUT2D eigenvalue weighted by Gasteiger charge is -2.29. The number of carbonyl (C=O) groups excluding carboxylic acids is 2. The van der Waals surface area contributed by atoms with E-state index in [0.717, 1.165) is 10.5 Å². The molecular weight excluding hydrogens is 646 g/mol. The van der Waals surface area contributed by atoms with Crippen LogP contribution in [0.2, 0.25) is 20.1 Å². The van der Waals surface area contributed by atoms with Gasteiger partial charge in [-0.1, -0.05) is 74.5 Å². The van der Waals surface area contributed by atoms with E-state index in [2.05, 4.69) is 21.2 Å². The molecule has 3 aromatic carbocycles. The number of methoxy groups -OCH3 is 1. The largest absolute Gasteiger partial charge is 0.493 e. The molecule has 0 aliphatic carbocycles. The van der Waals surface area contributed by atoms with Crippen LogP contribution in [0.4, 0.5) is 5.69 Å². The number of ether oxygens (including phenoxy) is 2. The van der Waals surface area contributed by atoms with Crippen LogP contribution >= 0.6 is 74.6 Å². The molecule has 0 radical (unpaired) electrons. The van der Waals surface area contributed by atoms with Gasteiger partial charge in [-0.2, -0.15) is 0 Å². The number of thiocarbonyl (C=S) groups is 1. The summed E-state index contributed by atoms with van der Waals surface area (Å²) in [5, 5.41) is 3.63. The zero-order valence-corrected chi connectivity index (χ0v) is 24.2. The van der Waals surface area contributed by atoms with E-state index in [-0.39, 0.29) is 33.0 Å². The molecular formula is C25H15BrCl4N2O4S. The van der Waals surface area contributed by atoms with Gasteiger partial charge in [-0.15, -0.1) is 0 Å². The van der Waals surface area contributed by atoms with Gasteiger partial charge in [0.05, 0.1) is 32.9 Å². The van der Waals surface area contributed by atoms with Crippen LogP contribution in [-0.4, -0.2) is 24.0 Å². The second-order valence-corrected chi connectivity index (χ2v) is 10.4. The van der Waals surface area contributed by atoms with Crippen LogP contribution in [0.1, 0.15) is 11.1 Å². The first-order valence-corrected chi connectivity index (χ1v) is 13.1. The van der Waals surface area contributed by atoms with E-state index in [1.54, 1.807) is 48.5 Å². The zero-order valence-electron chi connectivity index (χ0n) is 18.8. The molecule has 0 spiro atoms. The van der Waals surface area contributed by atoms with Crippen LogP contribution in [0.25, 0.3) is 6.08 Å². The first-order valence-electron chi connectivity index (χ1n) is 10.4. The van der Waals surface area contributed by atoms with E-state index in [1.165, 1.54) is 13.2 Å². The maximum absolute atomic E-state index is 13.4. The molecule has 12 heteroatoms. The second-order valence-electron chi connectivity index (χ2n) is 7.59. The topological polar surface area (TPSA) is 67.9 Å². The van der Waals surface area contributed by atoms with Crippen molar-refractivity contribution < 1.29 is 19.1 Å². The first kappa shape index (κ1) is 27.7. The summed E-state index contributed by atoms with van der Waals surface area (Å²) in [6.45, 7) is 0.202. The number of benzene rings is 3. The Balaban J connectivity index is 1.66. The molecule has 1 saturated heterocycles. The quantitative estimate of drug-likeness (QED) is 0.169. The van der Waals surface area contributed by atoms with Gasteiger partial charge < -0.3 is 9.47 Å². The third kappa shape index (κ3) is 5.90. The fourth-order valence-electron chi connectivity index (χ4n) is 3.42. The van der Waals surface area contributed by atoms with Gasteiger partial charge in [-0.05, 0) is 65.8 Å². The van der Waals surface area contributed by atoms with Gasteiger partial charge in [0.15, 0.2) is 16.6 Å². The molecule has 1 heterocycles. The molecule has 3 aromatic rings. The Morgan fingerprint density at radius 1 is 1.00 bits per heavy atom. The number of nitrogens with one attached hydrogen (secondary N) is 1. The number of hydrogen-bond donors (Lipinski definition) is 1. The first-order chi connectivity index (χ1) is 17.6. The minimum absolute atomic E-state index is 0.112. The molecule has 190 valence electrons. The second kappa shape index (κ2) is 11.6. The molecule has 0 atom stereocenters. The monoisotopic (exact) mass is 658 g/mol. The maximum atomic E-state index is 13.4. The number of halogens is 5. The SMILES string of the molecule is COc1cc(/C=C2\C(=O)NC(=S)N(c3cccc(Cl)c3Cl)C2=O)c(Br)cc1OCc1ccc(Cl)c(Cl)c1. The summed E-state index contributed by atoms with van der Waals surface area (Å²) < 4.78 is 11.9. The van der Waals surface area contributed by atoms with E-state index >= 15 is 0 Å². The highest BCUT2D eigenvalue weighted by molar-refractivity contribution is 9.10. The van der Waals surface area contributed by atoms with E-state index in [1.807, 2.05) is 0 Å². The van der Waals surface area contributed by atoms with Gasteiger partial charge in [0.2, 0.25) is 0 Å². The Labute approximate surface area is 246 Å². The molecule has 1 aliphatic rings. The Hall–Kier alpha value is -2.33. The van der Waals surface area contributed by atoms with Crippen molar-refractivity contribution in [2.45, 2.75) is 6.61 Å². The third-order valence-electron chi connectivity index (χ3n) is 5.23. The molecule has 6 nitrogen and oxygen atoms in total. The standard InChI is InChI=1S/C25H15BrCl4N2O4S/c1-35-20-9-13(15(26)10-21(20)36-11-12-5-6-16(27)18(29)7-12)8-14-23(33)31-25(37)32(24(14)34)19-4-2-3-17(28)22(19)30/h2-10H,11H2,1H3,(H,31,33,37)/b14-8+. The number of nitrogens with zero attached hydrogens (tertiary/aromatic N) is 1. The number of hydrogen-bond acceptors (Lipinski definition) is 5. The van der Waals surface area contributed by atoms with E-state index in [0.29, 0.717) is 31.6 Å². The Bertz CT molecular complexity index is 1480. The highest BCUT2D eigenvalue weighted by atomic mass is 79.9. The number of carbonyl (C=O) groups is 2. The predicted octanol–water partition coefficient (Wildman–Crippen LogP) is 7.48. The van der Waals surface area contributed by atoms with Crippen LogP contribution in [0.5, 0.6) is 11.5 Å². The summed E-state index contributed by atoms with van der Waals surface area (Å²) in [7, 11) is 1.48. The fourth-order valence-corrected chi connectivity index (χ4v) is 4.83. The molecule has 1 aliphatic heterocycles. The lowest BCUT2D eigenvalue weighted by molar-refractivity contribution is -0.122. The third-order valence-corrected chi connectivity index (χ3v) is 7.75. The van der Waals surface area contributed by atoms with Gasteiger partial charge in [0.25, 0.3) is 11.8 Å². The molecule has 1 N–H and O–H groups in total. The molecule has 37 heavy (non-hydrogen) atoms. The van der Waals surface area contributed by atoms with Crippen molar-refractivity contribution in [3.05, 3.63) is 89.8 Å². The average Bonchev–Trinajstić information content (AvgIpc) is 2.85. The molecule has 4 rings (SSSR count). The summed E-state index contributed by atoms with van der Waals surface area (Å²) in [6, 6.07) is 13.3. The normalized spacial score (nSPS) is 14.7. The molecule has 0 aromatic heterocycles. The summed E-state index contributed by atoms with van der Waals surface area (Å²) in [6.07, 6.45) is 1.42. The van der Waals surface area contributed by atoms with E-state index < -0.39 is 11.8 Å².